The van der Waals surface area contributed by atoms with Gasteiger partial charge in [0.15, 0.2) is 0 Å². The van der Waals surface area contributed by atoms with Gasteiger partial charge in [-0.1, -0.05) is 37.6 Å². The topological polar surface area (TPSA) is 86.8 Å². The van der Waals surface area contributed by atoms with E-state index in [0.29, 0.717) is 22.7 Å². The van der Waals surface area contributed by atoms with Gasteiger partial charge in [-0.25, -0.2) is 12.8 Å². The highest BCUT2D eigenvalue weighted by Gasteiger charge is 2.29. The second-order valence-corrected chi connectivity index (χ2v) is 11.1. The molecule has 2 rings (SSSR count). The second-order valence-electron chi connectivity index (χ2n) is 8.81. The van der Waals surface area contributed by atoms with Gasteiger partial charge in [0.2, 0.25) is 21.8 Å². The molecule has 0 heterocycles. The van der Waals surface area contributed by atoms with E-state index in [0.717, 1.165) is 12.7 Å². The fourth-order valence-corrected chi connectivity index (χ4v) is 4.85. The number of nitrogens with one attached hydrogen (secondary N) is 1. The number of amides is 2. The molecule has 10 heteroatoms. The molecule has 0 aliphatic rings. The molecule has 7 nitrogen and oxygen atoms in total. The first kappa shape index (κ1) is 29.6. The van der Waals surface area contributed by atoms with Crippen molar-refractivity contribution in [2.24, 2.45) is 0 Å². The number of anilines is 1. The van der Waals surface area contributed by atoms with Crippen LogP contribution >= 0.6 is 11.6 Å². The zero-order valence-corrected chi connectivity index (χ0v) is 22.8. The molecule has 0 saturated carbocycles. The first-order valence-corrected chi connectivity index (χ1v) is 14.3. The summed E-state index contributed by atoms with van der Waals surface area (Å²) in [7, 11) is -3.59. The molecule has 2 aromatic rings. The first-order chi connectivity index (χ1) is 17.0. The highest BCUT2D eigenvalue weighted by Crippen LogP contribution is 2.22. The normalized spacial score (nSPS) is 13.1. The zero-order valence-electron chi connectivity index (χ0n) is 21.2. The summed E-state index contributed by atoms with van der Waals surface area (Å²) in [6, 6.07) is 11.5. The minimum absolute atomic E-state index is 0.0356. The van der Waals surface area contributed by atoms with Crippen LogP contribution in [-0.4, -0.2) is 50.0 Å². The number of carbonyl (C=O) groups is 2. The quantitative estimate of drug-likeness (QED) is 0.398. The summed E-state index contributed by atoms with van der Waals surface area (Å²) in [5, 5.41) is 3.43. The smallest absolute Gasteiger partial charge is 0.243 e. The van der Waals surface area contributed by atoms with Crippen molar-refractivity contribution >= 4 is 39.1 Å². The van der Waals surface area contributed by atoms with Crippen molar-refractivity contribution in [1.29, 1.82) is 0 Å². The van der Waals surface area contributed by atoms with Crippen LogP contribution in [0.15, 0.2) is 48.5 Å². The Balaban J connectivity index is 2.21. The molecule has 2 atom stereocenters. The Hall–Kier alpha value is -2.65. The Bertz CT molecular complexity index is 1110. The average molecular weight is 540 g/mol. The predicted molar refractivity (Wildman–Crippen MR) is 142 cm³/mol. The number of sulfonamides is 1. The SMILES string of the molecule is CCC(C)NC(=O)C(CC)N(Cc1ccc(F)cc1)C(=O)CCCN(c1ccc(Cl)cc1)S(C)(=O)=O. The van der Waals surface area contributed by atoms with Gasteiger partial charge in [-0.3, -0.25) is 13.9 Å². The van der Waals surface area contributed by atoms with Gasteiger partial charge in [-0.2, -0.15) is 0 Å². The van der Waals surface area contributed by atoms with Crippen LogP contribution in [0.4, 0.5) is 10.1 Å². The van der Waals surface area contributed by atoms with Gasteiger partial charge in [-0.15, -0.1) is 0 Å². The van der Waals surface area contributed by atoms with E-state index in [2.05, 4.69) is 5.32 Å². The van der Waals surface area contributed by atoms with Crippen molar-refractivity contribution < 1.29 is 22.4 Å². The lowest BCUT2D eigenvalue weighted by Crippen LogP contribution is -2.50. The third kappa shape index (κ3) is 8.78. The molecule has 198 valence electrons. The largest absolute Gasteiger partial charge is 0.352 e. The molecule has 0 bridgehead atoms. The number of halogens is 2. The summed E-state index contributed by atoms with van der Waals surface area (Å²) in [6.07, 6.45) is 2.54. The molecule has 0 aliphatic heterocycles. The van der Waals surface area contributed by atoms with Crippen molar-refractivity contribution in [3.8, 4) is 0 Å². The van der Waals surface area contributed by atoms with Gasteiger partial charge >= 0.3 is 0 Å². The number of hydrogen-bond acceptors (Lipinski definition) is 4. The fourth-order valence-electron chi connectivity index (χ4n) is 3.76. The second kappa shape index (κ2) is 13.6. The Kier molecular flexibility index (Phi) is 11.2. The van der Waals surface area contributed by atoms with Gasteiger partial charge in [0.1, 0.15) is 11.9 Å². The van der Waals surface area contributed by atoms with E-state index in [9.17, 15) is 22.4 Å². The van der Waals surface area contributed by atoms with Gasteiger partial charge in [0.05, 0.1) is 11.9 Å². The van der Waals surface area contributed by atoms with Crippen LogP contribution in [0, 0.1) is 5.82 Å². The Morgan fingerprint density at radius 2 is 1.64 bits per heavy atom. The molecule has 2 aromatic carbocycles. The monoisotopic (exact) mass is 539 g/mol. The summed E-state index contributed by atoms with van der Waals surface area (Å²) in [5.74, 6) is -0.919. The van der Waals surface area contributed by atoms with Gasteiger partial charge in [-0.05, 0) is 68.1 Å². The number of hydrogen-bond donors (Lipinski definition) is 1. The lowest BCUT2D eigenvalue weighted by atomic mass is 10.1. The van der Waals surface area contributed by atoms with Gasteiger partial charge in [0, 0.05) is 30.6 Å². The van der Waals surface area contributed by atoms with E-state index in [1.807, 2.05) is 20.8 Å². The highest BCUT2D eigenvalue weighted by molar-refractivity contribution is 7.92. The minimum atomic E-state index is -3.59. The highest BCUT2D eigenvalue weighted by atomic mass is 35.5. The molecular weight excluding hydrogens is 505 g/mol. The standard InChI is InChI=1S/C26H35ClFN3O4S/c1-5-19(3)29-26(33)24(6-2)30(18-20-9-13-22(28)14-10-20)25(32)8-7-17-31(36(4,34)35)23-15-11-21(27)12-16-23/h9-16,19,24H,5-8,17-18H2,1-4H3,(H,29,33). The lowest BCUT2D eigenvalue weighted by Gasteiger charge is -2.32. The van der Waals surface area contributed by atoms with E-state index in [-0.39, 0.29) is 49.6 Å². The van der Waals surface area contributed by atoms with Crippen molar-refractivity contribution in [2.45, 2.75) is 65.1 Å². The van der Waals surface area contributed by atoms with Crippen LogP contribution in [0.2, 0.25) is 5.02 Å². The molecule has 2 unspecified atom stereocenters. The van der Waals surface area contributed by atoms with Crippen LogP contribution in [0.5, 0.6) is 0 Å². The van der Waals surface area contributed by atoms with Crippen LogP contribution in [0.1, 0.15) is 52.0 Å². The summed E-state index contributed by atoms with van der Waals surface area (Å²) < 4.78 is 39.4. The molecule has 0 fully saturated rings. The van der Waals surface area contributed by atoms with Crippen LogP contribution in [0.3, 0.4) is 0 Å². The maximum absolute atomic E-state index is 13.4. The molecule has 0 aromatic heterocycles. The number of rotatable bonds is 13. The van der Waals surface area contributed by atoms with E-state index in [1.165, 1.54) is 21.3 Å². The maximum Gasteiger partial charge on any atom is 0.243 e. The number of nitrogens with zero attached hydrogens (tertiary/aromatic N) is 2. The Labute approximate surface area is 218 Å². The van der Waals surface area contributed by atoms with Gasteiger partial charge in [0.25, 0.3) is 0 Å². The fraction of sp³-hybridized carbons (Fsp3) is 0.462. The molecule has 0 aliphatic carbocycles. The molecule has 0 spiro atoms. The van der Waals surface area contributed by atoms with E-state index >= 15 is 0 Å². The summed E-state index contributed by atoms with van der Waals surface area (Å²) in [6.45, 7) is 5.91. The maximum atomic E-state index is 13.4. The van der Waals surface area contributed by atoms with Gasteiger partial charge < -0.3 is 10.2 Å². The summed E-state index contributed by atoms with van der Waals surface area (Å²) >= 11 is 5.92. The minimum Gasteiger partial charge on any atom is -0.352 e. The van der Waals surface area contributed by atoms with E-state index in [1.54, 1.807) is 36.4 Å². The predicted octanol–water partition coefficient (Wildman–Crippen LogP) is 4.75. The average Bonchev–Trinajstić information content (AvgIpc) is 2.82. The third-order valence-electron chi connectivity index (χ3n) is 5.92. The summed E-state index contributed by atoms with van der Waals surface area (Å²) in [4.78, 5) is 27.9. The van der Waals surface area contributed by atoms with Crippen LogP contribution in [0.25, 0.3) is 0 Å². The van der Waals surface area contributed by atoms with Crippen molar-refractivity contribution in [3.05, 3.63) is 64.9 Å². The molecule has 2 amide bonds. The molecule has 1 N–H and O–H groups in total. The van der Waals surface area contributed by atoms with E-state index < -0.39 is 16.1 Å². The molecule has 36 heavy (non-hydrogen) atoms. The Morgan fingerprint density at radius 3 is 2.17 bits per heavy atom. The van der Waals surface area contributed by atoms with Crippen molar-refractivity contribution in [1.82, 2.24) is 10.2 Å². The van der Waals surface area contributed by atoms with E-state index in [4.69, 9.17) is 11.6 Å². The Morgan fingerprint density at radius 1 is 1.03 bits per heavy atom. The summed E-state index contributed by atoms with van der Waals surface area (Å²) in [5.41, 5.74) is 1.15. The molecular formula is C26H35ClFN3O4S. The zero-order chi connectivity index (χ0) is 26.9. The van der Waals surface area contributed by atoms with Crippen molar-refractivity contribution in [2.75, 3.05) is 17.1 Å². The van der Waals surface area contributed by atoms with Crippen LogP contribution in [-0.2, 0) is 26.2 Å². The first-order valence-electron chi connectivity index (χ1n) is 12.0. The van der Waals surface area contributed by atoms with Crippen molar-refractivity contribution in [3.63, 3.8) is 0 Å². The number of carbonyl (C=O) groups excluding carboxylic acids is 2. The number of benzene rings is 2. The lowest BCUT2D eigenvalue weighted by molar-refractivity contribution is -0.141. The van der Waals surface area contributed by atoms with Crippen LogP contribution < -0.4 is 9.62 Å². The molecule has 0 radical (unpaired) electrons. The molecule has 0 saturated heterocycles. The third-order valence-corrected chi connectivity index (χ3v) is 7.37.